The first-order chi connectivity index (χ1) is 8.52. The average molecular weight is 252 g/mol. The van der Waals surface area contributed by atoms with E-state index in [1.165, 1.54) is 0 Å². The first kappa shape index (κ1) is 14.6. The molecular weight excluding hydrogens is 232 g/mol. The fourth-order valence-corrected chi connectivity index (χ4v) is 1.70. The van der Waals surface area contributed by atoms with Crippen molar-refractivity contribution in [2.75, 3.05) is 27.3 Å². The lowest BCUT2D eigenvalue weighted by Crippen LogP contribution is -2.31. The summed E-state index contributed by atoms with van der Waals surface area (Å²) in [7, 11) is 3.47. The van der Waals surface area contributed by atoms with Gasteiger partial charge in [-0.05, 0) is 24.7 Å². The van der Waals surface area contributed by atoms with E-state index in [9.17, 15) is 5.11 Å². The van der Waals surface area contributed by atoms with E-state index in [0.717, 1.165) is 5.56 Å². The summed E-state index contributed by atoms with van der Waals surface area (Å²) in [6, 6.07) is 3.65. The number of aliphatic hydroxyl groups excluding tert-OH is 1. The minimum absolute atomic E-state index is 0.0427. The molecule has 1 atom stereocenters. The number of rotatable bonds is 7. The van der Waals surface area contributed by atoms with Crippen LogP contribution < -0.4 is 5.73 Å². The molecule has 6 nitrogen and oxygen atoms in total. The molecule has 0 saturated carbocycles. The van der Waals surface area contributed by atoms with Gasteiger partial charge in [0.25, 0.3) is 0 Å². The Morgan fingerprint density at radius 2 is 2.39 bits per heavy atom. The minimum Gasteiger partial charge on any atom is -0.389 e. The first-order valence-electron chi connectivity index (χ1n) is 5.67. The van der Waals surface area contributed by atoms with Crippen LogP contribution in [0.1, 0.15) is 11.3 Å². The number of hydrogen-bond donors (Lipinski definition) is 3. The van der Waals surface area contributed by atoms with Crippen LogP contribution >= 0.6 is 0 Å². The lowest BCUT2D eigenvalue weighted by atomic mass is 10.2. The molecule has 1 aromatic rings. The highest BCUT2D eigenvalue weighted by atomic mass is 16.5. The third-order valence-corrected chi connectivity index (χ3v) is 2.43. The number of nitrogen functional groups attached to an aromatic ring is 1. The number of nitrogens with zero attached hydrogens (tertiary/aromatic N) is 2. The lowest BCUT2D eigenvalue weighted by molar-refractivity contribution is 0.0419. The molecule has 0 amide bonds. The second kappa shape index (κ2) is 7.05. The number of nitrogens with two attached hydrogens (primary N) is 1. The van der Waals surface area contributed by atoms with Gasteiger partial charge in [-0.1, -0.05) is 0 Å². The van der Waals surface area contributed by atoms with Crippen molar-refractivity contribution >= 4 is 5.84 Å². The van der Waals surface area contributed by atoms with Crippen LogP contribution in [0.2, 0.25) is 0 Å². The van der Waals surface area contributed by atoms with Gasteiger partial charge in [0, 0.05) is 26.4 Å². The fraction of sp³-hybridized carbons (Fsp3) is 0.500. The fourth-order valence-electron chi connectivity index (χ4n) is 1.70. The molecule has 6 heteroatoms. The molecule has 0 aliphatic heterocycles. The van der Waals surface area contributed by atoms with Gasteiger partial charge in [0.2, 0.25) is 0 Å². The molecule has 0 saturated heterocycles. The summed E-state index contributed by atoms with van der Waals surface area (Å²) in [5.74, 6) is -0.0427. The maximum absolute atomic E-state index is 9.61. The van der Waals surface area contributed by atoms with E-state index in [4.69, 9.17) is 15.9 Å². The van der Waals surface area contributed by atoms with E-state index in [-0.39, 0.29) is 5.84 Å². The van der Waals surface area contributed by atoms with E-state index in [1.54, 1.807) is 19.4 Å². The molecule has 18 heavy (non-hydrogen) atoms. The van der Waals surface area contributed by atoms with Gasteiger partial charge >= 0.3 is 0 Å². The molecule has 0 radical (unpaired) electrons. The molecule has 0 aliphatic carbocycles. The van der Waals surface area contributed by atoms with Gasteiger partial charge in [0.05, 0.1) is 12.7 Å². The van der Waals surface area contributed by atoms with Crippen molar-refractivity contribution in [2.45, 2.75) is 12.6 Å². The van der Waals surface area contributed by atoms with Crippen LogP contribution in [-0.4, -0.2) is 54.2 Å². The quantitative estimate of drug-likeness (QED) is 0.461. The molecule has 0 bridgehead atoms. The van der Waals surface area contributed by atoms with Crippen molar-refractivity contribution < 1.29 is 9.84 Å². The summed E-state index contributed by atoms with van der Waals surface area (Å²) in [4.78, 5) is 5.97. The Hall–Kier alpha value is -1.50. The van der Waals surface area contributed by atoms with Crippen molar-refractivity contribution in [3.05, 3.63) is 29.6 Å². The van der Waals surface area contributed by atoms with Crippen molar-refractivity contribution in [1.82, 2.24) is 9.88 Å². The summed E-state index contributed by atoms with van der Waals surface area (Å²) in [5.41, 5.74) is 6.86. The summed E-state index contributed by atoms with van der Waals surface area (Å²) in [5, 5.41) is 16.9. The highest BCUT2D eigenvalue weighted by Crippen LogP contribution is 2.05. The van der Waals surface area contributed by atoms with Gasteiger partial charge < -0.3 is 15.6 Å². The molecule has 0 aliphatic rings. The van der Waals surface area contributed by atoms with E-state index >= 15 is 0 Å². The van der Waals surface area contributed by atoms with E-state index in [1.807, 2.05) is 18.0 Å². The molecule has 0 fully saturated rings. The lowest BCUT2D eigenvalue weighted by Gasteiger charge is -2.20. The standard InChI is InChI=1S/C12H20N4O2/c1-16(7-10(17)8-18-2)6-9-3-4-15-11(5-9)12(13)14/h3-5,10,17H,6-8H2,1-2H3,(H3,13,14). The Bertz CT molecular complexity index is 397. The molecule has 4 N–H and O–H groups in total. The number of methoxy groups -OCH3 is 1. The maximum Gasteiger partial charge on any atom is 0.141 e. The number of likely N-dealkylation sites (N-methyl/N-ethyl adjacent to an activating group) is 1. The van der Waals surface area contributed by atoms with Crippen LogP contribution in [0.4, 0.5) is 0 Å². The molecule has 0 aromatic carbocycles. The molecule has 0 spiro atoms. The zero-order valence-electron chi connectivity index (χ0n) is 10.8. The Balaban J connectivity index is 2.56. The van der Waals surface area contributed by atoms with Gasteiger partial charge in [0.1, 0.15) is 11.5 Å². The van der Waals surface area contributed by atoms with Gasteiger partial charge in [-0.2, -0.15) is 0 Å². The third kappa shape index (κ3) is 4.79. The van der Waals surface area contributed by atoms with Gasteiger partial charge in [0.15, 0.2) is 0 Å². The van der Waals surface area contributed by atoms with Crippen LogP contribution in [0, 0.1) is 5.41 Å². The molecule has 1 aromatic heterocycles. The number of nitrogens with one attached hydrogen (secondary N) is 1. The second-order valence-corrected chi connectivity index (χ2v) is 4.27. The van der Waals surface area contributed by atoms with Crippen LogP contribution in [0.3, 0.4) is 0 Å². The highest BCUT2D eigenvalue weighted by Gasteiger charge is 2.09. The van der Waals surface area contributed by atoms with Gasteiger partial charge in [-0.15, -0.1) is 0 Å². The predicted molar refractivity (Wildman–Crippen MR) is 69.5 cm³/mol. The van der Waals surface area contributed by atoms with Gasteiger partial charge in [-0.25, -0.2) is 0 Å². The Kier molecular flexibility index (Phi) is 5.70. The highest BCUT2D eigenvalue weighted by molar-refractivity contribution is 5.93. The monoisotopic (exact) mass is 252 g/mol. The van der Waals surface area contributed by atoms with Crippen molar-refractivity contribution in [3.8, 4) is 0 Å². The topological polar surface area (TPSA) is 95.5 Å². The number of pyridine rings is 1. The molecule has 1 heterocycles. The van der Waals surface area contributed by atoms with Crippen molar-refractivity contribution in [2.24, 2.45) is 5.73 Å². The Morgan fingerprint density at radius 3 is 3.00 bits per heavy atom. The number of ether oxygens (including phenoxy) is 1. The number of aromatic nitrogens is 1. The minimum atomic E-state index is -0.505. The number of amidine groups is 1. The number of hydrogen-bond acceptors (Lipinski definition) is 5. The third-order valence-electron chi connectivity index (χ3n) is 2.43. The normalized spacial score (nSPS) is 12.7. The van der Waals surface area contributed by atoms with Crippen LogP contribution in [-0.2, 0) is 11.3 Å². The second-order valence-electron chi connectivity index (χ2n) is 4.27. The smallest absolute Gasteiger partial charge is 0.141 e. The molecule has 1 unspecified atom stereocenters. The summed E-state index contributed by atoms with van der Waals surface area (Å²) in [6.07, 6.45) is 1.12. The van der Waals surface area contributed by atoms with E-state index in [0.29, 0.717) is 25.4 Å². The van der Waals surface area contributed by atoms with Crippen LogP contribution in [0.25, 0.3) is 0 Å². The zero-order chi connectivity index (χ0) is 13.5. The van der Waals surface area contributed by atoms with Crippen molar-refractivity contribution in [1.29, 1.82) is 5.41 Å². The Labute approximate surface area is 107 Å². The van der Waals surface area contributed by atoms with Gasteiger partial charge in [-0.3, -0.25) is 15.3 Å². The first-order valence-corrected chi connectivity index (χ1v) is 5.67. The molecule has 100 valence electrons. The average Bonchev–Trinajstić information content (AvgIpc) is 2.29. The van der Waals surface area contributed by atoms with E-state index in [2.05, 4.69) is 4.98 Å². The van der Waals surface area contributed by atoms with Crippen LogP contribution in [0.15, 0.2) is 18.3 Å². The summed E-state index contributed by atoms with van der Waals surface area (Å²) < 4.78 is 4.87. The number of aliphatic hydroxyl groups is 1. The van der Waals surface area contributed by atoms with E-state index < -0.39 is 6.10 Å². The Morgan fingerprint density at radius 1 is 1.67 bits per heavy atom. The maximum atomic E-state index is 9.61. The van der Waals surface area contributed by atoms with Crippen molar-refractivity contribution in [3.63, 3.8) is 0 Å². The molecular formula is C12H20N4O2. The zero-order valence-corrected chi connectivity index (χ0v) is 10.8. The molecule has 1 rings (SSSR count). The summed E-state index contributed by atoms with van der Waals surface area (Å²) >= 11 is 0. The largest absolute Gasteiger partial charge is 0.389 e. The predicted octanol–water partition coefficient (Wildman–Crippen LogP) is -0.195. The van der Waals surface area contributed by atoms with Crippen LogP contribution in [0.5, 0.6) is 0 Å². The SMILES string of the molecule is COCC(O)CN(C)Cc1ccnc(C(=N)N)c1. The summed E-state index contributed by atoms with van der Waals surface area (Å²) in [6.45, 7) is 1.49.